The Hall–Kier alpha value is -1.75. The number of carbonyl (C=O) groups is 1. The van der Waals surface area contributed by atoms with Gasteiger partial charge in [-0.1, -0.05) is 18.2 Å². The van der Waals surface area contributed by atoms with Crippen molar-refractivity contribution in [2.24, 2.45) is 0 Å². The van der Waals surface area contributed by atoms with Crippen LogP contribution in [0.3, 0.4) is 0 Å². The molecule has 3 rings (SSSR count). The summed E-state index contributed by atoms with van der Waals surface area (Å²) in [6.45, 7) is 9.05. The van der Waals surface area contributed by atoms with Gasteiger partial charge in [-0.3, -0.25) is 0 Å². The van der Waals surface area contributed by atoms with Crippen molar-refractivity contribution in [2.45, 2.75) is 39.7 Å². The predicted molar refractivity (Wildman–Crippen MR) is 101 cm³/mol. The molecule has 4 nitrogen and oxygen atoms in total. The molecule has 0 saturated carbocycles. The summed E-state index contributed by atoms with van der Waals surface area (Å²) in [5, 5.41) is 1.22. The minimum Gasteiger partial charge on any atom is -0.444 e. The first-order valence-electron chi connectivity index (χ1n) is 8.20. The summed E-state index contributed by atoms with van der Waals surface area (Å²) in [4.78, 5) is 17.4. The van der Waals surface area contributed by atoms with Gasteiger partial charge in [0.05, 0.1) is 5.52 Å². The number of para-hydroxylation sites is 1. The van der Waals surface area contributed by atoms with Gasteiger partial charge in [0.15, 0.2) is 0 Å². The SMILES string of the molecule is Cc1[nH]c2c(Br)cccc2c1C1=CCN(C(=O)OC(C)(C)C)CC1. The molecule has 0 bridgehead atoms. The van der Waals surface area contributed by atoms with Crippen LogP contribution in [0.4, 0.5) is 4.79 Å². The average molecular weight is 391 g/mol. The van der Waals surface area contributed by atoms with Crippen molar-refractivity contribution in [3.05, 3.63) is 40.0 Å². The van der Waals surface area contributed by atoms with Gasteiger partial charge in [0, 0.05) is 34.2 Å². The van der Waals surface area contributed by atoms with E-state index in [1.54, 1.807) is 4.90 Å². The molecule has 0 radical (unpaired) electrons. The number of hydrogen-bond acceptors (Lipinski definition) is 2. The van der Waals surface area contributed by atoms with Gasteiger partial charge in [0.25, 0.3) is 0 Å². The van der Waals surface area contributed by atoms with Crippen molar-refractivity contribution in [1.82, 2.24) is 9.88 Å². The van der Waals surface area contributed by atoms with Crippen molar-refractivity contribution >= 4 is 38.5 Å². The van der Waals surface area contributed by atoms with E-state index in [1.165, 1.54) is 16.5 Å². The fourth-order valence-corrected chi connectivity index (χ4v) is 3.58. The van der Waals surface area contributed by atoms with Crippen LogP contribution in [0.5, 0.6) is 0 Å². The third-order valence-corrected chi connectivity index (χ3v) is 4.81. The molecule has 1 aromatic heterocycles. The van der Waals surface area contributed by atoms with E-state index in [2.05, 4.69) is 46.0 Å². The maximum absolute atomic E-state index is 12.2. The first-order chi connectivity index (χ1) is 11.3. The molecule has 0 unspecified atom stereocenters. The van der Waals surface area contributed by atoms with Crippen LogP contribution in [0, 0.1) is 6.92 Å². The molecule has 1 aliphatic rings. The fourth-order valence-electron chi connectivity index (χ4n) is 3.11. The fraction of sp³-hybridized carbons (Fsp3) is 0.421. The number of aromatic nitrogens is 1. The number of fused-ring (bicyclic) bond motifs is 1. The van der Waals surface area contributed by atoms with Gasteiger partial charge < -0.3 is 14.6 Å². The van der Waals surface area contributed by atoms with E-state index in [0.29, 0.717) is 13.1 Å². The molecule has 2 aromatic rings. The lowest BCUT2D eigenvalue weighted by molar-refractivity contribution is 0.0270. The van der Waals surface area contributed by atoms with Crippen molar-refractivity contribution in [2.75, 3.05) is 13.1 Å². The lowest BCUT2D eigenvalue weighted by Gasteiger charge is -2.29. The van der Waals surface area contributed by atoms with Crippen molar-refractivity contribution < 1.29 is 9.53 Å². The number of halogens is 1. The minimum atomic E-state index is -0.458. The van der Waals surface area contributed by atoms with E-state index < -0.39 is 5.60 Å². The monoisotopic (exact) mass is 390 g/mol. The van der Waals surface area contributed by atoms with Crippen LogP contribution in [-0.2, 0) is 4.74 Å². The van der Waals surface area contributed by atoms with Crippen LogP contribution in [0.1, 0.15) is 38.4 Å². The number of hydrogen-bond donors (Lipinski definition) is 1. The normalized spacial score (nSPS) is 15.5. The van der Waals surface area contributed by atoms with Gasteiger partial charge in [0.2, 0.25) is 0 Å². The smallest absolute Gasteiger partial charge is 0.410 e. The van der Waals surface area contributed by atoms with Crippen LogP contribution in [0.2, 0.25) is 0 Å². The first kappa shape index (κ1) is 17.1. The largest absolute Gasteiger partial charge is 0.444 e. The zero-order valence-corrected chi connectivity index (χ0v) is 16.2. The molecule has 1 N–H and O–H groups in total. The molecule has 0 fully saturated rings. The molecule has 0 saturated heterocycles. The van der Waals surface area contributed by atoms with Gasteiger partial charge in [-0.15, -0.1) is 0 Å². The summed E-state index contributed by atoms with van der Waals surface area (Å²) >= 11 is 3.60. The lowest BCUT2D eigenvalue weighted by Crippen LogP contribution is -2.39. The third kappa shape index (κ3) is 3.36. The number of aromatic amines is 1. The maximum atomic E-state index is 12.2. The highest BCUT2D eigenvalue weighted by molar-refractivity contribution is 9.10. The van der Waals surface area contributed by atoms with Gasteiger partial charge >= 0.3 is 6.09 Å². The topological polar surface area (TPSA) is 45.3 Å². The Morgan fingerprint density at radius 2 is 2.08 bits per heavy atom. The molecule has 128 valence electrons. The van der Waals surface area contributed by atoms with E-state index in [1.807, 2.05) is 26.8 Å². The molecule has 0 spiro atoms. The number of aryl methyl sites for hydroxylation is 1. The molecule has 2 heterocycles. The number of carbonyl (C=O) groups excluding carboxylic acids is 1. The van der Waals surface area contributed by atoms with E-state index in [9.17, 15) is 4.79 Å². The number of nitrogens with zero attached hydrogens (tertiary/aromatic N) is 1. The van der Waals surface area contributed by atoms with Crippen LogP contribution < -0.4 is 0 Å². The zero-order valence-electron chi connectivity index (χ0n) is 14.6. The summed E-state index contributed by atoms with van der Waals surface area (Å²) in [6.07, 6.45) is 2.74. The Bertz CT molecular complexity index is 815. The Morgan fingerprint density at radius 1 is 1.33 bits per heavy atom. The molecule has 1 aliphatic heterocycles. The molecular weight excluding hydrogens is 368 g/mol. The Balaban J connectivity index is 1.85. The second-order valence-electron chi connectivity index (χ2n) is 7.19. The Morgan fingerprint density at radius 3 is 2.71 bits per heavy atom. The molecule has 5 heteroatoms. The highest BCUT2D eigenvalue weighted by Gasteiger charge is 2.25. The summed E-state index contributed by atoms with van der Waals surface area (Å²) in [6, 6.07) is 6.24. The van der Waals surface area contributed by atoms with Crippen LogP contribution >= 0.6 is 15.9 Å². The van der Waals surface area contributed by atoms with Gasteiger partial charge in [0.1, 0.15) is 5.60 Å². The number of nitrogens with one attached hydrogen (secondary N) is 1. The summed E-state index contributed by atoms with van der Waals surface area (Å²) in [5.41, 5.74) is 4.38. The second kappa shape index (κ2) is 6.28. The standard InChI is InChI=1S/C19H23BrN2O2/c1-12-16(14-6-5-7-15(20)17(14)21-12)13-8-10-22(11-9-13)18(23)24-19(2,3)4/h5-8,21H,9-11H2,1-4H3. The van der Waals surface area contributed by atoms with E-state index in [-0.39, 0.29) is 6.09 Å². The average Bonchev–Trinajstić information content (AvgIpc) is 2.83. The van der Waals surface area contributed by atoms with E-state index in [0.717, 1.165) is 22.1 Å². The lowest BCUT2D eigenvalue weighted by atomic mass is 9.97. The quantitative estimate of drug-likeness (QED) is 0.721. The number of H-pyrrole nitrogens is 1. The van der Waals surface area contributed by atoms with Crippen molar-refractivity contribution in [1.29, 1.82) is 0 Å². The first-order valence-corrected chi connectivity index (χ1v) is 8.99. The maximum Gasteiger partial charge on any atom is 0.410 e. The van der Waals surface area contributed by atoms with Crippen molar-refractivity contribution in [3.63, 3.8) is 0 Å². The zero-order chi connectivity index (χ0) is 17.5. The Labute approximate surface area is 151 Å². The molecule has 1 aromatic carbocycles. The summed E-state index contributed by atoms with van der Waals surface area (Å²) in [7, 11) is 0. The van der Waals surface area contributed by atoms with Crippen LogP contribution in [0.25, 0.3) is 16.5 Å². The molecule has 0 atom stereocenters. The number of ether oxygens (including phenoxy) is 1. The summed E-state index contributed by atoms with van der Waals surface area (Å²) < 4.78 is 6.53. The second-order valence-corrected chi connectivity index (χ2v) is 8.05. The third-order valence-electron chi connectivity index (χ3n) is 4.15. The highest BCUT2D eigenvalue weighted by atomic mass is 79.9. The molecular formula is C19H23BrN2O2. The van der Waals surface area contributed by atoms with Crippen molar-refractivity contribution in [3.8, 4) is 0 Å². The Kier molecular flexibility index (Phi) is 4.47. The minimum absolute atomic E-state index is 0.240. The van der Waals surface area contributed by atoms with Gasteiger partial charge in [-0.2, -0.15) is 0 Å². The van der Waals surface area contributed by atoms with Gasteiger partial charge in [-0.05, 0) is 61.7 Å². The van der Waals surface area contributed by atoms with E-state index >= 15 is 0 Å². The number of amides is 1. The van der Waals surface area contributed by atoms with Crippen LogP contribution in [0.15, 0.2) is 28.7 Å². The van der Waals surface area contributed by atoms with E-state index in [4.69, 9.17) is 4.74 Å². The predicted octanol–water partition coefficient (Wildman–Crippen LogP) is 5.26. The van der Waals surface area contributed by atoms with Gasteiger partial charge in [-0.25, -0.2) is 4.79 Å². The van der Waals surface area contributed by atoms with Crippen LogP contribution in [-0.4, -0.2) is 34.7 Å². The number of rotatable bonds is 1. The summed E-state index contributed by atoms with van der Waals surface area (Å²) in [5.74, 6) is 0. The molecule has 1 amide bonds. The number of benzene rings is 1. The molecule has 24 heavy (non-hydrogen) atoms. The molecule has 0 aliphatic carbocycles. The highest BCUT2D eigenvalue weighted by Crippen LogP contribution is 2.35.